The first-order chi connectivity index (χ1) is 9.59. The van der Waals surface area contributed by atoms with Crippen LogP contribution in [0.4, 0.5) is 5.69 Å². The SMILES string of the molecule is CC(C)C(CNc1cccc(Cl)c1Br)c1ccccc1. The van der Waals surface area contributed by atoms with Crippen molar-refractivity contribution in [3.05, 3.63) is 63.6 Å². The number of benzene rings is 2. The second-order valence-electron chi connectivity index (χ2n) is 5.24. The molecule has 0 aromatic heterocycles. The molecule has 2 aromatic carbocycles. The Labute approximate surface area is 134 Å². The number of hydrogen-bond donors (Lipinski definition) is 1. The van der Waals surface area contributed by atoms with Gasteiger partial charge < -0.3 is 5.32 Å². The van der Waals surface area contributed by atoms with Crippen LogP contribution in [0.1, 0.15) is 25.3 Å². The number of halogens is 2. The lowest BCUT2D eigenvalue weighted by atomic mass is 9.88. The van der Waals surface area contributed by atoms with Gasteiger partial charge in [-0.15, -0.1) is 0 Å². The minimum atomic E-state index is 0.474. The molecule has 3 heteroatoms. The van der Waals surface area contributed by atoms with E-state index >= 15 is 0 Å². The van der Waals surface area contributed by atoms with Crippen molar-refractivity contribution in [3.63, 3.8) is 0 Å². The molecule has 2 aromatic rings. The predicted octanol–water partition coefficient (Wildman–Crippen LogP) is 5.95. The normalized spacial score (nSPS) is 12.4. The highest BCUT2D eigenvalue weighted by atomic mass is 79.9. The van der Waals surface area contributed by atoms with Crippen LogP contribution < -0.4 is 5.32 Å². The molecule has 1 atom stereocenters. The van der Waals surface area contributed by atoms with Crippen molar-refractivity contribution in [2.45, 2.75) is 19.8 Å². The van der Waals surface area contributed by atoms with Gasteiger partial charge in [-0.25, -0.2) is 0 Å². The second kappa shape index (κ2) is 7.14. The van der Waals surface area contributed by atoms with Crippen LogP contribution in [0.2, 0.25) is 5.02 Å². The van der Waals surface area contributed by atoms with Gasteiger partial charge in [0.25, 0.3) is 0 Å². The summed E-state index contributed by atoms with van der Waals surface area (Å²) < 4.78 is 0.928. The molecule has 20 heavy (non-hydrogen) atoms. The van der Waals surface area contributed by atoms with Crippen molar-refractivity contribution < 1.29 is 0 Å². The number of rotatable bonds is 5. The van der Waals surface area contributed by atoms with E-state index in [4.69, 9.17) is 11.6 Å². The molecular weight excluding hydrogens is 334 g/mol. The maximum absolute atomic E-state index is 6.12. The van der Waals surface area contributed by atoms with Crippen LogP contribution in [-0.4, -0.2) is 6.54 Å². The van der Waals surface area contributed by atoms with Gasteiger partial charge in [0.15, 0.2) is 0 Å². The molecule has 0 saturated heterocycles. The molecule has 106 valence electrons. The van der Waals surface area contributed by atoms with Crippen LogP contribution in [0.3, 0.4) is 0 Å². The van der Waals surface area contributed by atoms with Gasteiger partial charge >= 0.3 is 0 Å². The van der Waals surface area contributed by atoms with Crippen molar-refractivity contribution in [1.29, 1.82) is 0 Å². The summed E-state index contributed by atoms with van der Waals surface area (Å²) in [5, 5.41) is 4.23. The van der Waals surface area contributed by atoms with E-state index in [2.05, 4.69) is 65.4 Å². The molecule has 1 nitrogen and oxygen atoms in total. The Balaban J connectivity index is 2.12. The lowest BCUT2D eigenvalue weighted by Crippen LogP contribution is -2.18. The van der Waals surface area contributed by atoms with Crippen LogP contribution in [0.25, 0.3) is 0 Å². The lowest BCUT2D eigenvalue weighted by Gasteiger charge is -2.23. The fourth-order valence-corrected chi connectivity index (χ4v) is 2.88. The van der Waals surface area contributed by atoms with E-state index in [1.54, 1.807) is 0 Å². The van der Waals surface area contributed by atoms with Crippen LogP contribution in [-0.2, 0) is 0 Å². The van der Waals surface area contributed by atoms with E-state index < -0.39 is 0 Å². The highest BCUT2D eigenvalue weighted by Gasteiger charge is 2.16. The largest absolute Gasteiger partial charge is 0.383 e. The van der Waals surface area contributed by atoms with Gasteiger partial charge in [-0.3, -0.25) is 0 Å². The Kier molecular flexibility index (Phi) is 5.50. The van der Waals surface area contributed by atoms with Gasteiger partial charge in [0.1, 0.15) is 0 Å². The first-order valence-corrected chi connectivity index (χ1v) is 7.99. The molecule has 0 fully saturated rings. The number of hydrogen-bond acceptors (Lipinski definition) is 1. The molecule has 0 spiro atoms. The fraction of sp³-hybridized carbons (Fsp3) is 0.294. The molecule has 0 amide bonds. The summed E-state index contributed by atoms with van der Waals surface area (Å²) in [5.41, 5.74) is 2.41. The summed E-state index contributed by atoms with van der Waals surface area (Å²) in [5.74, 6) is 1.05. The van der Waals surface area contributed by atoms with Crippen molar-refractivity contribution in [2.24, 2.45) is 5.92 Å². The summed E-state index contributed by atoms with van der Waals surface area (Å²) in [6, 6.07) is 16.5. The van der Waals surface area contributed by atoms with E-state index in [9.17, 15) is 0 Å². The zero-order valence-electron chi connectivity index (χ0n) is 11.7. The molecule has 2 rings (SSSR count). The van der Waals surface area contributed by atoms with Crippen LogP contribution in [0, 0.1) is 5.92 Å². The van der Waals surface area contributed by atoms with E-state index in [0.29, 0.717) is 11.8 Å². The number of nitrogens with one attached hydrogen (secondary N) is 1. The second-order valence-corrected chi connectivity index (χ2v) is 6.44. The fourth-order valence-electron chi connectivity index (χ4n) is 2.30. The van der Waals surface area contributed by atoms with Crippen molar-refractivity contribution >= 4 is 33.2 Å². The first kappa shape index (κ1) is 15.4. The highest BCUT2D eigenvalue weighted by molar-refractivity contribution is 9.10. The molecule has 0 aliphatic rings. The van der Waals surface area contributed by atoms with E-state index in [1.807, 2.05) is 18.2 Å². The zero-order chi connectivity index (χ0) is 14.5. The smallest absolute Gasteiger partial charge is 0.0593 e. The van der Waals surface area contributed by atoms with Crippen LogP contribution >= 0.6 is 27.5 Å². The minimum absolute atomic E-state index is 0.474. The van der Waals surface area contributed by atoms with Gasteiger partial charge in [-0.1, -0.05) is 61.8 Å². The minimum Gasteiger partial charge on any atom is -0.383 e. The average molecular weight is 353 g/mol. The maximum Gasteiger partial charge on any atom is 0.0593 e. The predicted molar refractivity (Wildman–Crippen MR) is 91.7 cm³/mol. The molecule has 0 aliphatic carbocycles. The highest BCUT2D eigenvalue weighted by Crippen LogP contribution is 2.31. The van der Waals surface area contributed by atoms with E-state index in [0.717, 1.165) is 21.7 Å². The standard InChI is InChI=1S/C17H19BrClN/c1-12(2)14(13-7-4-3-5-8-13)11-20-16-10-6-9-15(19)17(16)18/h3-10,12,14,20H,11H2,1-2H3. The Hall–Kier alpha value is -0.990. The molecule has 0 aliphatic heterocycles. The van der Waals surface area contributed by atoms with Gasteiger partial charge in [-0.2, -0.15) is 0 Å². The van der Waals surface area contributed by atoms with Crippen molar-refractivity contribution in [1.82, 2.24) is 0 Å². The van der Waals surface area contributed by atoms with Gasteiger partial charge in [0.2, 0.25) is 0 Å². The Morgan fingerprint density at radius 1 is 1.05 bits per heavy atom. The molecule has 0 bridgehead atoms. The zero-order valence-corrected chi connectivity index (χ0v) is 14.1. The lowest BCUT2D eigenvalue weighted by molar-refractivity contribution is 0.517. The monoisotopic (exact) mass is 351 g/mol. The average Bonchev–Trinajstić information content (AvgIpc) is 2.44. The Morgan fingerprint density at radius 2 is 1.75 bits per heavy atom. The van der Waals surface area contributed by atoms with E-state index in [-0.39, 0.29) is 0 Å². The Bertz CT molecular complexity index is 554. The molecule has 0 heterocycles. The third kappa shape index (κ3) is 3.77. The quantitative estimate of drug-likeness (QED) is 0.700. The van der Waals surface area contributed by atoms with E-state index in [1.165, 1.54) is 5.56 Å². The molecule has 0 saturated carbocycles. The van der Waals surface area contributed by atoms with Crippen LogP contribution in [0.15, 0.2) is 53.0 Å². The van der Waals surface area contributed by atoms with Gasteiger partial charge in [0.05, 0.1) is 9.50 Å². The van der Waals surface area contributed by atoms with Crippen molar-refractivity contribution in [2.75, 3.05) is 11.9 Å². The third-order valence-corrected chi connectivity index (χ3v) is 4.89. The van der Waals surface area contributed by atoms with Crippen molar-refractivity contribution in [3.8, 4) is 0 Å². The molecule has 1 unspecified atom stereocenters. The van der Waals surface area contributed by atoms with Gasteiger partial charge in [-0.05, 0) is 39.5 Å². The summed E-state index contributed by atoms with van der Waals surface area (Å²) in [6.45, 7) is 5.40. The van der Waals surface area contributed by atoms with Gasteiger partial charge in [0, 0.05) is 18.2 Å². The number of anilines is 1. The molecular formula is C17H19BrClN. The summed E-state index contributed by atoms with van der Waals surface area (Å²) in [6.07, 6.45) is 0. The third-order valence-electron chi connectivity index (χ3n) is 3.50. The first-order valence-electron chi connectivity index (χ1n) is 6.82. The Morgan fingerprint density at radius 3 is 2.40 bits per heavy atom. The summed E-state index contributed by atoms with van der Waals surface area (Å²) in [4.78, 5) is 0. The summed E-state index contributed by atoms with van der Waals surface area (Å²) in [7, 11) is 0. The molecule has 0 radical (unpaired) electrons. The summed E-state index contributed by atoms with van der Waals surface area (Å²) >= 11 is 9.65. The van der Waals surface area contributed by atoms with Crippen LogP contribution in [0.5, 0.6) is 0 Å². The topological polar surface area (TPSA) is 12.0 Å². The maximum atomic E-state index is 6.12. The molecule has 1 N–H and O–H groups in total.